The summed E-state index contributed by atoms with van der Waals surface area (Å²) in [6, 6.07) is 0. The van der Waals surface area contributed by atoms with Gasteiger partial charge in [0.05, 0.1) is 12.7 Å². The molecule has 2 nitrogen and oxygen atoms in total. The van der Waals surface area contributed by atoms with E-state index in [4.69, 9.17) is 4.74 Å². The zero-order valence-electron chi connectivity index (χ0n) is 6.68. The summed E-state index contributed by atoms with van der Waals surface area (Å²) in [5.41, 5.74) is 1.33. The minimum Gasteiger partial charge on any atom is -0.371 e. The summed E-state index contributed by atoms with van der Waals surface area (Å²) in [4.78, 5) is 0. The van der Waals surface area contributed by atoms with Gasteiger partial charge in [-0.25, -0.2) is 0 Å². The van der Waals surface area contributed by atoms with Crippen LogP contribution < -0.4 is 5.32 Å². The minimum atomic E-state index is 0.318. The molecule has 0 aliphatic carbocycles. The van der Waals surface area contributed by atoms with Crippen molar-refractivity contribution in [3.63, 3.8) is 0 Å². The quantitative estimate of drug-likeness (QED) is 0.549. The Kier molecular flexibility index (Phi) is 2.90. The Morgan fingerprint density at radius 2 is 2.50 bits per heavy atom. The standard InChI is InChI=1S/C8H15NO/c1-3-7(2)8-6-9-4-5-10-8/h3,8-9H,4-6H2,1-2H3. The van der Waals surface area contributed by atoms with Crippen molar-refractivity contribution in [3.05, 3.63) is 11.6 Å². The molecule has 1 heterocycles. The molecule has 1 saturated heterocycles. The predicted molar refractivity (Wildman–Crippen MR) is 42.0 cm³/mol. The first-order valence-electron chi connectivity index (χ1n) is 3.79. The van der Waals surface area contributed by atoms with E-state index in [1.807, 2.05) is 6.92 Å². The zero-order chi connectivity index (χ0) is 7.40. The van der Waals surface area contributed by atoms with Crippen molar-refractivity contribution >= 4 is 0 Å². The van der Waals surface area contributed by atoms with E-state index in [0.717, 1.165) is 19.7 Å². The number of nitrogens with one attached hydrogen (secondary N) is 1. The van der Waals surface area contributed by atoms with Gasteiger partial charge in [-0.2, -0.15) is 0 Å². The molecule has 0 bridgehead atoms. The lowest BCUT2D eigenvalue weighted by atomic mass is 10.1. The average molecular weight is 141 g/mol. The highest BCUT2D eigenvalue weighted by atomic mass is 16.5. The maximum Gasteiger partial charge on any atom is 0.0907 e. The summed E-state index contributed by atoms with van der Waals surface area (Å²) >= 11 is 0. The predicted octanol–water partition coefficient (Wildman–Crippen LogP) is 0.941. The molecule has 1 aliphatic heterocycles. The summed E-state index contributed by atoms with van der Waals surface area (Å²) in [5, 5.41) is 3.28. The molecule has 1 unspecified atom stereocenters. The molecule has 0 amide bonds. The number of morpholine rings is 1. The van der Waals surface area contributed by atoms with Crippen molar-refractivity contribution in [3.8, 4) is 0 Å². The molecule has 1 rings (SSSR count). The van der Waals surface area contributed by atoms with Crippen molar-refractivity contribution in [2.45, 2.75) is 20.0 Å². The molecule has 0 aromatic rings. The fourth-order valence-corrected chi connectivity index (χ4v) is 1.04. The molecule has 0 saturated carbocycles. The molecule has 1 fully saturated rings. The Bertz CT molecular complexity index is 125. The molecule has 0 aromatic heterocycles. The fourth-order valence-electron chi connectivity index (χ4n) is 1.04. The van der Waals surface area contributed by atoms with Gasteiger partial charge in [-0.05, 0) is 19.4 Å². The molecule has 0 spiro atoms. The van der Waals surface area contributed by atoms with Gasteiger partial charge in [-0.1, -0.05) is 6.08 Å². The SMILES string of the molecule is CC=C(C)C1CNCCO1. The van der Waals surface area contributed by atoms with Gasteiger partial charge >= 0.3 is 0 Å². The first-order chi connectivity index (χ1) is 4.84. The normalized spacial score (nSPS) is 28.6. The first kappa shape index (κ1) is 7.76. The van der Waals surface area contributed by atoms with Gasteiger partial charge in [0.15, 0.2) is 0 Å². The van der Waals surface area contributed by atoms with E-state index in [2.05, 4.69) is 18.3 Å². The molecule has 1 N–H and O–H groups in total. The van der Waals surface area contributed by atoms with Crippen LogP contribution in [0, 0.1) is 0 Å². The van der Waals surface area contributed by atoms with Crippen LogP contribution in [-0.2, 0) is 4.74 Å². The van der Waals surface area contributed by atoms with Gasteiger partial charge in [-0.3, -0.25) is 0 Å². The zero-order valence-corrected chi connectivity index (χ0v) is 6.68. The van der Waals surface area contributed by atoms with Crippen molar-refractivity contribution < 1.29 is 4.74 Å². The number of allylic oxidation sites excluding steroid dienone is 1. The van der Waals surface area contributed by atoms with E-state index >= 15 is 0 Å². The number of hydrogen-bond acceptors (Lipinski definition) is 2. The van der Waals surface area contributed by atoms with E-state index in [9.17, 15) is 0 Å². The Labute approximate surface area is 62.3 Å². The molecule has 10 heavy (non-hydrogen) atoms. The van der Waals surface area contributed by atoms with Crippen LogP contribution in [-0.4, -0.2) is 25.8 Å². The summed E-state index contributed by atoms with van der Waals surface area (Å²) < 4.78 is 5.50. The van der Waals surface area contributed by atoms with E-state index < -0.39 is 0 Å². The topological polar surface area (TPSA) is 21.3 Å². The van der Waals surface area contributed by atoms with Crippen LogP contribution in [0.15, 0.2) is 11.6 Å². The van der Waals surface area contributed by atoms with Gasteiger partial charge in [0.1, 0.15) is 0 Å². The lowest BCUT2D eigenvalue weighted by molar-refractivity contribution is 0.0518. The number of ether oxygens (including phenoxy) is 1. The molecule has 1 aliphatic rings. The third kappa shape index (κ3) is 1.82. The number of hydrogen-bond donors (Lipinski definition) is 1. The Hall–Kier alpha value is -0.340. The van der Waals surface area contributed by atoms with Gasteiger partial charge in [-0.15, -0.1) is 0 Å². The molecule has 1 atom stereocenters. The van der Waals surface area contributed by atoms with Crippen LogP contribution in [0.5, 0.6) is 0 Å². The lowest BCUT2D eigenvalue weighted by Gasteiger charge is -2.24. The molecule has 58 valence electrons. The van der Waals surface area contributed by atoms with Crippen molar-refractivity contribution in [2.75, 3.05) is 19.7 Å². The monoisotopic (exact) mass is 141 g/mol. The number of rotatable bonds is 1. The molecular weight excluding hydrogens is 126 g/mol. The molecular formula is C8H15NO. The van der Waals surface area contributed by atoms with Gasteiger partial charge in [0, 0.05) is 13.1 Å². The summed E-state index contributed by atoms with van der Waals surface area (Å²) in [6.45, 7) is 6.96. The first-order valence-corrected chi connectivity index (χ1v) is 3.79. The lowest BCUT2D eigenvalue weighted by Crippen LogP contribution is -2.38. The summed E-state index contributed by atoms with van der Waals surface area (Å²) in [5.74, 6) is 0. The second-order valence-corrected chi connectivity index (χ2v) is 2.60. The van der Waals surface area contributed by atoms with Crippen LogP contribution in [0.4, 0.5) is 0 Å². The second-order valence-electron chi connectivity index (χ2n) is 2.60. The van der Waals surface area contributed by atoms with Gasteiger partial charge in [0.2, 0.25) is 0 Å². The Balaban J connectivity index is 2.39. The maximum atomic E-state index is 5.50. The highest BCUT2D eigenvalue weighted by Gasteiger charge is 2.13. The maximum absolute atomic E-state index is 5.50. The van der Waals surface area contributed by atoms with Crippen molar-refractivity contribution in [1.82, 2.24) is 5.32 Å². The Morgan fingerprint density at radius 1 is 1.70 bits per heavy atom. The van der Waals surface area contributed by atoms with Crippen LogP contribution in [0.2, 0.25) is 0 Å². The van der Waals surface area contributed by atoms with Crippen LogP contribution >= 0.6 is 0 Å². The third-order valence-corrected chi connectivity index (χ3v) is 1.89. The van der Waals surface area contributed by atoms with Gasteiger partial charge in [0.25, 0.3) is 0 Å². The second kappa shape index (κ2) is 3.74. The smallest absolute Gasteiger partial charge is 0.0907 e. The van der Waals surface area contributed by atoms with Crippen molar-refractivity contribution in [1.29, 1.82) is 0 Å². The van der Waals surface area contributed by atoms with Crippen LogP contribution in [0.1, 0.15) is 13.8 Å². The fraction of sp³-hybridized carbons (Fsp3) is 0.750. The minimum absolute atomic E-state index is 0.318. The molecule has 0 aromatic carbocycles. The van der Waals surface area contributed by atoms with Crippen LogP contribution in [0.25, 0.3) is 0 Å². The molecule has 2 heteroatoms. The summed E-state index contributed by atoms with van der Waals surface area (Å²) in [6.07, 6.45) is 2.43. The highest BCUT2D eigenvalue weighted by Crippen LogP contribution is 2.06. The molecule has 0 radical (unpaired) electrons. The van der Waals surface area contributed by atoms with Gasteiger partial charge < -0.3 is 10.1 Å². The van der Waals surface area contributed by atoms with E-state index in [1.54, 1.807) is 0 Å². The van der Waals surface area contributed by atoms with Crippen LogP contribution in [0.3, 0.4) is 0 Å². The highest BCUT2D eigenvalue weighted by molar-refractivity contribution is 5.04. The third-order valence-electron chi connectivity index (χ3n) is 1.89. The Morgan fingerprint density at radius 3 is 3.00 bits per heavy atom. The van der Waals surface area contributed by atoms with E-state index in [1.165, 1.54) is 5.57 Å². The van der Waals surface area contributed by atoms with Crippen molar-refractivity contribution in [2.24, 2.45) is 0 Å². The average Bonchev–Trinajstić information content (AvgIpc) is 2.05. The summed E-state index contributed by atoms with van der Waals surface area (Å²) in [7, 11) is 0. The van der Waals surface area contributed by atoms with E-state index in [-0.39, 0.29) is 0 Å². The van der Waals surface area contributed by atoms with E-state index in [0.29, 0.717) is 6.10 Å². The largest absolute Gasteiger partial charge is 0.371 e.